The standard InChI is InChI=1S/C12H22N2O3/c1-9(2)13-11(15)14-10-3-5-17-12(7-10)4-6-16-8-12/h9-10H,3-8H2,1-2H3,(H2,13,14,15)/t10-,12+/m0/s1. The number of rotatable bonds is 2. The summed E-state index contributed by atoms with van der Waals surface area (Å²) < 4.78 is 11.2. The number of amides is 2. The lowest BCUT2D eigenvalue weighted by Gasteiger charge is -2.37. The second-order valence-corrected chi connectivity index (χ2v) is 5.30. The van der Waals surface area contributed by atoms with Crippen molar-refractivity contribution in [3.63, 3.8) is 0 Å². The molecule has 0 bridgehead atoms. The molecule has 0 radical (unpaired) electrons. The highest BCUT2D eigenvalue weighted by atomic mass is 16.6. The molecule has 2 aliphatic heterocycles. The Morgan fingerprint density at radius 2 is 2.24 bits per heavy atom. The molecule has 98 valence electrons. The normalized spacial score (nSPS) is 33.0. The molecule has 0 saturated carbocycles. The van der Waals surface area contributed by atoms with E-state index in [1.807, 2.05) is 13.8 Å². The number of ether oxygens (including phenoxy) is 2. The van der Waals surface area contributed by atoms with Gasteiger partial charge in [-0.3, -0.25) is 0 Å². The summed E-state index contributed by atoms with van der Waals surface area (Å²) in [7, 11) is 0. The van der Waals surface area contributed by atoms with Gasteiger partial charge in [0.2, 0.25) is 0 Å². The van der Waals surface area contributed by atoms with E-state index >= 15 is 0 Å². The molecule has 2 heterocycles. The summed E-state index contributed by atoms with van der Waals surface area (Å²) in [5.41, 5.74) is -0.145. The number of urea groups is 1. The minimum absolute atomic E-state index is 0.0824. The van der Waals surface area contributed by atoms with Gasteiger partial charge in [-0.2, -0.15) is 0 Å². The quantitative estimate of drug-likeness (QED) is 0.760. The Morgan fingerprint density at radius 3 is 2.88 bits per heavy atom. The van der Waals surface area contributed by atoms with Crippen LogP contribution in [0.25, 0.3) is 0 Å². The molecule has 2 atom stereocenters. The van der Waals surface area contributed by atoms with Gasteiger partial charge in [0.15, 0.2) is 0 Å². The zero-order valence-corrected chi connectivity index (χ0v) is 10.6. The molecule has 0 aliphatic carbocycles. The lowest BCUT2D eigenvalue weighted by Crippen LogP contribution is -2.52. The lowest BCUT2D eigenvalue weighted by atomic mass is 9.90. The average molecular weight is 242 g/mol. The van der Waals surface area contributed by atoms with Gasteiger partial charge in [0.05, 0.1) is 12.2 Å². The van der Waals surface area contributed by atoms with Crippen LogP contribution >= 0.6 is 0 Å². The van der Waals surface area contributed by atoms with E-state index in [-0.39, 0.29) is 23.7 Å². The molecule has 2 N–H and O–H groups in total. The van der Waals surface area contributed by atoms with Gasteiger partial charge in [0.25, 0.3) is 0 Å². The Labute approximate surface area is 102 Å². The Hall–Kier alpha value is -0.810. The summed E-state index contributed by atoms with van der Waals surface area (Å²) in [5.74, 6) is 0. The molecule has 1 spiro atoms. The number of nitrogens with one attached hydrogen (secondary N) is 2. The minimum atomic E-state index is -0.145. The fraction of sp³-hybridized carbons (Fsp3) is 0.917. The molecule has 0 aromatic carbocycles. The molecule has 2 aliphatic rings. The van der Waals surface area contributed by atoms with Gasteiger partial charge in [-0.1, -0.05) is 0 Å². The first-order valence-electron chi connectivity index (χ1n) is 6.38. The summed E-state index contributed by atoms with van der Waals surface area (Å²) >= 11 is 0. The van der Waals surface area contributed by atoms with Crippen LogP contribution in [0.1, 0.15) is 33.1 Å². The summed E-state index contributed by atoms with van der Waals surface area (Å²) in [6.07, 6.45) is 2.68. The van der Waals surface area contributed by atoms with Gasteiger partial charge in [-0.15, -0.1) is 0 Å². The van der Waals surface area contributed by atoms with Crippen LogP contribution in [0.5, 0.6) is 0 Å². The van der Waals surface area contributed by atoms with Crippen molar-refractivity contribution >= 4 is 6.03 Å². The van der Waals surface area contributed by atoms with Gasteiger partial charge in [0.1, 0.15) is 0 Å². The molecule has 0 aromatic rings. The van der Waals surface area contributed by atoms with Gasteiger partial charge in [-0.05, 0) is 26.7 Å². The topological polar surface area (TPSA) is 59.6 Å². The van der Waals surface area contributed by atoms with Crippen LogP contribution in [0, 0.1) is 0 Å². The molecule has 2 fully saturated rings. The third-order valence-electron chi connectivity index (χ3n) is 3.32. The van der Waals surface area contributed by atoms with Crippen molar-refractivity contribution in [1.82, 2.24) is 10.6 Å². The summed E-state index contributed by atoms with van der Waals surface area (Å²) in [6, 6.07) is 0.281. The van der Waals surface area contributed by atoms with Crippen LogP contribution < -0.4 is 10.6 Å². The maximum atomic E-state index is 11.6. The first-order chi connectivity index (χ1) is 8.10. The molecule has 0 unspecified atom stereocenters. The van der Waals surface area contributed by atoms with Crippen molar-refractivity contribution in [2.75, 3.05) is 19.8 Å². The van der Waals surface area contributed by atoms with E-state index < -0.39 is 0 Å². The molecular weight excluding hydrogens is 220 g/mol. The molecule has 5 heteroatoms. The van der Waals surface area contributed by atoms with E-state index in [1.54, 1.807) is 0 Å². The Morgan fingerprint density at radius 1 is 1.41 bits per heavy atom. The Bertz CT molecular complexity index is 275. The maximum absolute atomic E-state index is 11.6. The second kappa shape index (κ2) is 5.23. The maximum Gasteiger partial charge on any atom is 0.315 e. The lowest BCUT2D eigenvalue weighted by molar-refractivity contribution is -0.0878. The largest absolute Gasteiger partial charge is 0.378 e. The third kappa shape index (κ3) is 3.33. The predicted octanol–water partition coefficient (Wildman–Crippen LogP) is 1.03. The fourth-order valence-corrected chi connectivity index (χ4v) is 2.50. The highest BCUT2D eigenvalue weighted by Gasteiger charge is 2.41. The van der Waals surface area contributed by atoms with E-state index in [9.17, 15) is 4.79 Å². The zero-order valence-electron chi connectivity index (χ0n) is 10.6. The highest BCUT2D eigenvalue weighted by molar-refractivity contribution is 5.74. The van der Waals surface area contributed by atoms with Gasteiger partial charge in [0, 0.05) is 31.7 Å². The van der Waals surface area contributed by atoms with E-state index in [4.69, 9.17) is 9.47 Å². The van der Waals surface area contributed by atoms with Gasteiger partial charge in [-0.25, -0.2) is 4.79 Å². The van der Waals surface area contributed by atoms with Crippen molar-refractivity contribution in [2.45, 2.75) is 50.8 Å². The van der Waals surface area contributed by atoms with E-state index in [0.29, 0.717) is 13.2 Å². The Balaban J connectivity index is 1.83. The van der Waals surface area contributed by atoms with Crippen LogP contribution in [-0.4, -0.2) is 43.5 Å². The van der Waals surface area contributed by atoms with Crippen molar-refractivity contribution in [3.05, 3.63) is 0 Å². The van der Waals surface area contributed by atoms with Crippen LogP contribution in [0.4, 0.5) is 4.79 Å². The first kappa shape index (κ1) is 12.6. The average Bonchev–Trinajstić information content (AvgIpc) is 2.64. The fourth-order valence-electron chi connectivity index (χ4n) is 2.50. The van der Waals surface area contributed by atoms with Crippen LogP contribution in [0.2, 0.25) is 0 Å². The summed E-state index contributed by atoms with van der Waals surface area (Å²) in [4.78, 5) is 11.6. The molecule has 5 nitrogen and oxygen atoms in total. The number of carbonyl (C=O) groups excluding carboxylic acids is 1. The van der Waals surface area contributed by atoms with Crippen molar-refractivity contribution in [2.24, 2.45) is 0 Å². The zero-order chi connectivity index (χ0) is 12.3. The smallest absolute Gasteiger partial charge is 0.315 e. The number of carbonyl (C=O) groups is 1. The van der Waals surface area contributed by atoms with Crippen LogP contribution in [0.3, 0.4) is 0 Å². The summed E-state index contributed by atoms with van der Waals surface area (Å²) in [6.45, 7) is 6.05. The van der Waals surface area contributed by atoms with Crippen molar-refractivity contribution in [1.29, 1.82) is 0 Å². The van der Waals surface area contributed by atoms with E-state index in [0.717, 1.165) is 25.9 Å². The first-order valence-corrected chi connectivity index (χ1v) is 6.38. The van der Waals surface area contributed by atoms with Gasteiger partial charge < -0.3 is 20.1 Å². The van der Waals surface area contributed by atoms with E-state index in [2.05, 4.69) is 10.6 Å². The van der Waals surface area contributed by atoms with Crippen LogP contribution in [0.15, 0.2) is 0 Å². The minimum Gasteiger partial charge on any atom is -0.378 e. The third-order valence-corrected chi connectivity index (χ3v) is 3.32. The Kier molecular flexibility index (Phi) is 3.89. The SMILES string of the molecule is CC(C)NC(=O)N[C@H]1CCO[C@]2(CCOC2)C1. The molecule has 2 amide bonds. The molecule has 2 rings (SSSR count). The van der Waals surface area contributed by atoms with Crippen molar-refractivity contribution < 1.29 is 14.3 Å². The molecular formula is C12H22N2O3. The summed E-state index contributed by atoms with van der Waals surface area (Å²) in [5, 5.41) is 5.86. The van der Waals surface area contributed by atoms with Crippen LogP contribution in [-0.2, 0) is 9.47 Å². The molecule has 17 heavy (non-hydrogen) atoms. The monoisotopic (exact) mass is 242 g/mol. The number of hydrogen-bond donors (Lipinski definition) is 2. The highest BCUT2D eigenvalue weighted by Crippen LogP contribution is 2.32. The predicted molar refractivity (Wildman–Crippen MR) is 63.9 cm³/mol. The van der Waals surface area contributed by atoms with Gasteiger partial charge >= 0.3 is 6.03 Å². The molecule has 0 aromatic heterocycles. The van der Waals surface area contributed by atoms with E-state index in [1.165, 1.54) is 0 Å². The second-order valence-electron chi connectivity index (χ2n) is 5.30. The van der Waals surface area contributed by atoms with Crippen molar-refractivity contribution in [3.8, 4) is 0 Å². The number of hydrogen-bond acceptors (Lipinski definition) is 3. The molecule has 2 saturated heterocycles.